The average molecular weight is 293 g/mol. The molecule has 21 heavy (non-hydrogen) atoms. The second kappa shape index (κ2) is 6.49. The van der Waals surface area contributed by atoms with Crippen molar-refractivity contribution >= 4 is 0 Å². The van der Waals surface area contributed by atoms with Gasteiger partial charge in [0.1, 0.15) is 0 Å². The highest BCUT2D eigenvalue weighted by Gasteiger charge is 2.41. The van der Waals surface area contributed by atoms with E-state index in [1.165, 1.54) is 12.0 Å². The van der Waals surface area contributed by atoms with E-state index in [1.807, 2.05) is 17.9 Å². The van der Waals surface area contributed by atoms with E-state index in [0.717, 1.165) is 32.2 Å². The average Bonchev–Trinajstić information content (AvgIpc) is 2.78. The van der Waals surface area contributed by atoms with Gasteiger partial charge >= 0.3 is 0 Å². The van der Waals surface area contributed by atoms with E-state index in [0.29, 0.717) is 11.3 Å². The summed E-state index contributed by atoms with van der Waals surface area (Å²) in [6.45, 7) is 8.16. The van der Waals surface area contributed by atoms with Crippen LogP contribution in [0.1, 0.15) is 52.0 Å². The molecule has 1 heterocycles. The lowest BCUT2D eigenvalue weighted by Crippen LogP contribution is -2.55. The summed E-state index contributed by atoms with van der Waals surface area (Å²) >= 11 is 0. The van der Waals surface area contributed by atoms with Crippen molar-refractivity contribution in [2.75, 3.05) is 13.2 Å². The number of rotatable bonds is 6. The molecule has 120 valence electrons. The molecule has 2 N–H and O–H groups in total. The summed E-state index contributed by atoms with van der Waals surface area (Å²) in [6.07, 6.45) is 9.55. The Morgan fingerprint density at radius 2 is 2.19 bits per heavy atom. The van der Waals surface area contributed by atoms with Gasteiger partial charge in [0.15, 0.2) is 0 Å². The molecule has 1 aromatic heterocycles. The van der Waals surface area contributed by atoms with Crippen LogP contribution in [0.15, 0.2) is 12.4 Å². The highest BCUT2D eigenvalue weighted by atomic mass is 16.3. The molecule has 1 aromatic rings. The minimum atomic E-state index is -0.0872. The van der Waals surface area contributed by atoms with Gasteiger partial charge < -0.3 is 10.4 Å². The maximum absolute atomic E-state index is 9.94. The number of aliphatic hydroxyl groups is 1. The van der Waals surface area contributed by atoms with E-state index in [2.05, 4.69) is 37.4 Å². The van der Waals surface area contributed by atoms with Gasteiger partial charge in [0.25, 0.3) is 0 Å². The number of nitrogens with zero attached hydrogens (tertiary/aromatic N) is 2. The minimum Gasteiger partial charge on any atom is -0.394 e. The van der Waals surface area contributed by atoms with E-state index in [-0.39, 0.29) is 12.1 Å². The normalized spacial score (nSPS) is 28.7. The molecule has 1 aliphatic carbocycles. The third-order valence-electron chi connectivity index (χ3n) is 4.66. The summed E-state index contributed by atoms with van der Waals surface area (Å²) in [4.78, 5) is 0. The van der Waals surface area contributed by atoms with Crippen molar-refractivity contribution in [3.05, 3.63) is 18.0 Å². The molecule has 0 aliphatic heterocycles. The minimum absolute atomic E-state index is 0.0872. The molecule has 4 heteroatoms. The van der Waals surface area contributed by atoms with Crippen LogP contribution in [0.2, 0.25) is 0 Å². The Hall–Kier alpha value is -0.870. The first-order valence-electron chi connectivity index (χ1n) is 8.18. The van der Waals surface area contributed by atoms with Crippen LogP contribution in [-0.4, -0.2) is 33.6 Å². The van der Waals surface area contributed by atoms with Crippen LogP contribution >= 0.6 is 0 Å². The van der Waals surface area contributed by atoms with Crippen molar-refractivity contribution in [3.63, 3.8) is 0 Å². The van der Waals surface area contributed by atoms with Gasteiger partial charge in [-0.1, -0.05) is 20.8 Å². The van der Waals surface area contributed by atoms with E-state index in [9.17, 15) is 5.11 Å². The number of aromatic nitrogens is 2. The van der Waals surface area contributed by atoms with Gasteiger partial charge in [0.2, 0.25) is 0 Å². The highest BCUT2D eigenvalue weighted by Crippen LogP contribution is 2.43. The van der Waals surface area contributed by atoms with Crippen LogP contribution in [0.3, 0.4) is 0 Å². The van der Waals surface area contributed by atoms with Crippen LogP contribution in [0, 0.1) is 11.3 Å². The van der Waals surface area contributed by atoms with Crippen molar-refractivity contribution in [2.45, 2.75) is 58.4 Å². The van der Waals surface area contributed by atoms with E-state index < -0.39 is 0 Å². The van der Waals surface area contributed by atoms with Crippen LogP contribution in [-0.2, 0) is 13.5 Å². The van der Waals surface area contributed by atoms with Gasteiger partial charge in [-0.25, -0.2) is 0 Å². The quantitative estimate of drug-likeness (QED) is 0.792. The van der Waals surface area contributed by atoms with Gasteiger partial charge in [-0.05, 0) is 55.5 Å². The van der Waals surface area contributed by atoms with E-state index in [4.69, 9.17) is 0 Å². The summed E-state index contributed by atoms with van der Waals surface area (Å²) in [6, 6.07) is 0. The molecule has 0 aromatic carbocycles. The van der Waals surface area contributed by atoms with Gasteiger partial charge in [-0.2, -0.15) is 5.10 Å². The molecule has 2 rings (SSSR count). The summed E-state index contributed by atoms with van der Waals surface area (Å²) < 4.78 is 1.85. The molecule has 1 aliphatic rings. The second-order valence-corrected chi connectivity index (χ2v) is 7.85. The lowest BCUT2D eigenvalue weighted by molar-refractivity contribution is 0.0365. The smallest absolute Gasteiger partial charge is 0.0613 e. The first kappa shape index (κ1) is 16.5. The second-order valence-electron chi connectivity index (χ2n) is 7.85. The Bertz CT molecular complexity index is 455. The molecule has 2 unspecified atom stereocenters. The maximum atomic E-state index is 9.94. The SMILES string of the molecule is CC1CC(C)(C)CC(CO)(NCCCc2cnn(C)c2)C1. The fourth-order valence-electron chi connectivity index (χ4n) is 4.30. The standard InChI is InChI=1S/C17H31N3O/c1-14-8-16(2,3)12-17(9-14,13-21)18-7-5-6-15-10-19-20(4)11-15/h10-11,14,18,21H,5-9,12-13H2,1-4H3. The number of aryl methyl sites for hydroxylation is 2. The number of hydrogen-bond acceptors (Lipinski definition) is 3. The largest absolute Gasteiger partial charge is 0.394 e. The Balaban J connectivity index is 1.84. The van der Waals surface area contributed by atoms with E-state index >= 15 is 0 Å². The van der Waals surface area contributed by atoms with Crippen molar-refractivity contribution in [1.29, 1.82) is 0 Å². The zero-order valence-electron chi connectivity index (χ0n) is 14.0. The molecule has 0 radical (unpaired) electrons. The molecule has 0 saturated heterocycles. The fourth-order valence-corrected chi connectivity index (χ4v) is 4.30. The lowest BCUT2D eigenvalue weighted by Gasteiger charge is -2.47. The monoisotopic (exact) mass is 293 g/mol. The molecule has 1 saturated carbocycles. The third-order valence-corrected chi connectivity index (χ3v) is 4.66. The summed E-state index contributed by atoms with van der Waals surface area (Å²) in [5.74, 6) is 0.673. The Morgan fingerprint density at radius 3 is 2.76 bits per heavy atom. The first-order valence-corrected chi connectivity index (χ1v) is 8.18. The topological polar surface area (TPSA) is 50.1 Å². The van der Waals surface area contributed by atoms with Crippen LogP contribution in [0.4, 0.5) is 0 Å². The number of hydrogen-bond donors (Lipinski definition) is 2. The van der Waals surface area contributed by atoms with Gasteiger partial charge in [0.05, 0.1) is 12.8 Å². The van der Waals surface area contributed by atoms with Crippen molar-refractivity contribution < 1.29 is 5.11 Å². The molecular weight excluding hydrogens is 262 g/mol. The molecule has 1 fully saturated rings. The van der Waals surface area contributed by atoms with Crippen LogP contribution in [0.5, 0.6) is 0 Å². The molecular formula is C17H31N3O. The summed E-state index contributed by atoms with van der Waals surface area (Å²) in [5.41, 5.74) is 1.52. The molecule has 2 atom stereocenters. The van der Waals surface area contributed by atoms with Crippen molar-refractivity contribution in [1.82, 2.24) is 15.1 Å². The summed E-state index contributed by atoms with van der Waals surface area (Å²) in [5, 5.41) is 17.8. The van der Waals surface area contributed by atoms with Crippen molar-refractivity contribution in [2.24, 2.45) is 18.4 Å². The zero-order valence-corrected chi connectivity index (χ0v) is 14.0. The Labute approximate surface area is 128 Å². The molecule has 0 bridgehead atoms. The first-order chi connectivity index (χ1) is 9.84. The zero-order chi connectivity index (χ0) is 15.5. The Kier molecular flexibility index (Phi) is 5.10. The lowest BCUT2D eigenvalue weighted by atomic mass is 9.64. The van der Waals surface area contributed by atoms with Gasteiger partial charge in [0, 0.05) is 18.8 Å². The van der Waals surface area contributed by atoms with E-state index in [1.54, 1.807) is 0 Å². The van der Waals surface area contributed by atoms with Gasteiger partial charge in [-0.3, -0.25) is 4.68 Å². The van der Waals surface area contributed by atoms with Gasteiger partial charge in [-0.15, -0.1) is 0 Å². The number of nitrogens with one attached hydrogen (secondary N) is 1. The van der Waals surface area contributed by atoms with Crippen LogP contribution in [0.25, 0.3) is 0 Å². The third kappa shape index (κ3) is 4.55. The molecule has 0 amide bonds. The molecule has 0 spiro atoms. The predicted octanol–water partition coefficient (Wildman–Crippen LogP) is 2.52. The van der Waals surface area contributed by atoms with Crippen molar-refractivity contribution in [3.8, 4) is 0 Å². The predicted molar refractivity (Wildman–Crippen MR) is 86.1 cm³/mol. The maximum Gasteiger partial charge on any atom is 0.0613 e. The van der Waals surface area contributed by atoms with Crippen LogP contribution < -0.4 is 5.32 Å². The highest BCUT2D eigenvalue weighted by molar-refractivity contribution is 5.04. The fraction of sp³-hybridized carbons (Fsp3) is 0.824. The number of aliphatic hydroxyl groups excluding tert-OH is 1. The molecule has 4 nitrogen and oxygen atoms in total. The summed E-state index contributed by atoms with van der Waals surface area (Å²) in [7, 11) is 1.95. The Morgan fingerprint density at radius 1 is 1.43 bits per heavy atom.